The highest BCUT2D eigenvalue weighted by atomic mass is 79.9. The molecule has 0 spiro atoms. The van der Waals surface area contributed by atoms with Crippen molar-refractivity contribution in [3.05, 3.63) is 22.2 Å². The van der Waals surface area contributed by atoms with Gasteiger partial charge in [0.25, 0.3) is 0 Å². The zero-order chi connectivity index (χ0) is 11.8. The third-order valence-electron chi connectivity index (χ3n) is 2.48. The van der Waals surface area contributed by atoms with Crippen LogP contribution >= 0.6 is 15.9 Å². The molecule has 4 heteroatoms. The standard InChI is InChI=1S/C12H15BrO3/c1-12(2,14)10-8(13)4-5-9-11(10)16-7-3-6-15-9/h4-5,14H,3,6-7H2,1-2H3. The van der Waals surface area contributed by atoms with E-state index in [1.54, 1.807) is 13.8 Å². The van der Waals surface area contributed by atoms with Crippen molar-refractivity contribution in [3.63, 3.8) is 0 Å². The van der Waals surface area contributed by atoms with Crippen LogP contribution in [0.5, 0.6) is 11.5 Å². The molecule has 0 bridgehead atoms. The van der Waals surface area contributed by atoms with Gasteiger partial charge in [-0.15, -0.1) is 0 Å². The summed E-state index contributed by atoms with van der Waals surface area (Å²) in [6.07, 6.45) is 0.859. The highest BCUT2D eigenvalue weighted by molar-refractivity contribution is 9.10. The molecule has 1 aromatic carbocycles. The van der Waals surface area contributed by atoms with Crippen LogP contribution in [0.2, 0.25) is 0 Å². The summed E-state index contributed by atoms with van der Waals surface area (Å²) in [6, 6.07) is 3.74. The van der Waals surface area contributed by atoms with E-state index >= 15 is 0 Å². The summed E-state index contributed by atoms with van der Waals surface area (Å²) in [5.74, 6) is 1.36. The smallest absolute Gasteiger partial charge is 0.168 e. The lowest BCUT2D eigenvalue weighted by Crippen LogP contribution is -2.18. The normalized spacial score (nSPS) is 15.8. The minimum Gasteiger partial charge on any atom is -0.490 e. The molecule has 1 aliphatic heterocycles. The Morgan fingerprint density at radius 2 is 1.94 bits per heavy atom. The SMILES string of the molecule is CC(C)(O)c1c(Br)ccc2c1OCCCO2. The lowest BCUT2D eigenvalue weighted by atomic mass is 9.97. The molecule has 88 valence electrons. The van der Waals surface area contributed by atoms with Crippen molar-refractivity contribution in [2.45, 2.75) is 25.9 Å². The number of hydrogen-bond donors (Lipinski definition) is 1. The Balaban J connectivity index is 2.58. The number of fused-ring (bicyclic) bond motifs is 1. The fraction of sp³-hybridized carbons (Fsp3) is 0.500. The molecule has 1 N–H and O–H groups in total. The van der Waals surface area contributed by atoms with Crippen LogP contribution in [0.1, 0.15) is 25.8 Å². The molecule has 16 heavy (non-hydrogen) atoms. The lowest BCUT2D eigenvalue weighted by molar-refractivity contribution is 0.0739. The molecule has 0 amide bonds. The number of aliphatic hydroxyl groups is 1. The van der Waals surface area contributed by atoms with E-state index < -0.39 is 5.60 Å². The Kier molecular flexibility index (Phi) is 3.13. The number of rotatable bonds is 1. The number of halogens is 1. The molecule has 0 unspecified atom stereocenters. The topological polar surface area (TPSA) is 38.7 Å². The van der Waals surface area contributed by atoms with Gasteiger partial charge in [-0.1, -0.05) is 15.9 Å². The molecule has 0 aromatic heterocycles. The van der Waals surface area contributed by atoms with Gasteiger partial charge >= 0.3 is 0 Å². The summed E-state index contributed by atoms with van der Waals surface area (Å²) in [5.41, 5.74) is -0.218. The zero-order valence-corrected chi connectivity index (χ0v) is 11.0. The van der Waals surface area contributed by atoms with Crippen LogP contribution in [0.25, 0.3) is 0 Å². The second-order valence-electron chi connectivity index (χ2n) is 4.36. The molecule has 0 saturated carbocycles. The summed E-state index contributed by atoms with van der Waals surface area (Å²) in [7, 11) is 0. The lowest BCUT2D eigenvalue weighted by Gasteiger charge is -2.23. The van der Waals surface area contributed by atoms with E-state index in [0.717, 1.165) is 16.5 Å². The van der Waals surface area contributed by atoms with Gasteiger partial charge < -0.3 is 14.6 Å². The van der Waals surface area contributed by atoms with Crippen molar-refractivity contribution in [2.24, 2.45) is 0 Å². The molecule has 0 atom stereocenters. The average molecular weight is 287 g/mol. The number of hydrogen-bond acceptors (Lipinski definition) is 3. The second-order valence-corrected chi connectivity index (χ2v) is 5.21. The van der Waals surface area contributed by atoms with Gasteiger partial charge in [-0.25, -0.2) is 0 Å². The van der Waals surface area contributed by atoms with Crippen molar-refractivity contribution in [1.29, 1.82) is 0 Å². The molecule has 1 heterocycles. The van der Waals surface area contributed by atoms with Crippen LogP contribution < -0.4 is 9.47 Å². The monoisotopic (exact) mass is 286 g/mol. The summed E-state index contributed by atoms with van der Waals surface area (Å²) < 4.78 is 12.1. The van der Waals surface area contributed by atoms with Crippen LogP contribution in [0.15, 0.2) is 16.6 Å². The average Bonchev–Trinajstić information content (AvgIpc) is 2.40. The third-order valence-corrected chi connectivity index (χ3v) is 3.14. The largest absolute Gasteiger partial charge is 0.490 e. The molecule has 0 saturated heterocycles. The van der Waals surface area contributed by atoms with Crippen LogP contribution in [0, 0.1) is 0 Å². The van der Waals surface area contributed by atoms with Gasteiger partial charge in [0.2, 0.25) is 0 Å². The van der Waals surface area contributed by atoms with E-state index in [9.17, 15) is 5.11 Å². The molecule has 0 aliphatic carbocycles. The van der Waals surface area contributed by atoms with E-state index in [2.05, 4.69) is 15.9 Å². The molecule has 0 fully saturated rings. The third kappa shape index (κ3) is 2.18. The first-order valence-electron chi connectivity index (χ1n) is 5.31. The molecular formula is C12H15BrO3. The molecule has 3 nitrogen and oxygen atoms in total. The summed E-state index contributed by atoms with van der Waals surface area (Å²) in [4.78, 5) is 0. The van der Waals surface area contributed by atoms with Gasteiger partial charge in [0.1, 0.15) is 0 Å². The summed E-state index contributed by atoms with van der Waals surface area (Å²) in [5, 5.41) is 10.2. The highest BCUT2D eigenvalue weighted by Crippen LogP contribution is 2.43. The first-order chi connectivity index (χ1) is 7.50. The van der Waals surface area contributed by atoms with Gasteiger partial charge in [0.15, 0.2) is 11.5 Å². The molecule has 1 aliphatic rings. The first kappa shape index (κ1) is 11.7. The maximum Gasteiger partial charge on any atom is 0.168 e. The van der Waals surface area contributed by atoms with Gasteiger partial charge in [-0.2, -0.15) is 0 Å². The Morgan fingerprint density at radius 3 is 2.62 bits per heavy atom. The number of benzene rings is 1. The van der Waals surface area contributed by atoms with Gasteiger partial charge in [-0.05, 0) is 26.0 Å². The van der Waals surface area contributed by atoms with Crippen LogP contribution in [0.4, 0.5) is 0 Å². The van der Waals surface area contributed by atoms with Crippen LogP contribution in [-0.4, -0.2) is 18.3 Å². The molecule has 0 radical (unpaired) electrons. The van der Waals surface area contributed by atoms with Gasteiger partial charge in [-0.3, -0.25) is 0 Å². The van der Waals surface area contributed by atoms with Crippen molar-refractivity contribution >= 4 is 15.9 Å². The summed E-state index contributed by atoms with van der Waals surface area (Å²) in [6.45, 7) is 4.75. The van der Waals surface area contributed by atoms with Crippen molar-refractivity contribution in [1.82, 2.24) is 0 Å². The molecular weight excluding hydrogens is 272 g/mol. The van der Waals surface area contributed by atoms with E-state index in [1.807, 2.05) is 12.1 Å². The van der Waals surface area contributed by atoms with E-state index in [4.69, 9.17) is 9.47 Å². The predicted molar refractivity (Wildman–Crippen MR) is 65.0 cm³/mol. The minimum atomic E-state index is -0.960. The maximum absolute atomic E-state index is 10.2. The van der Waals surface area contributed by atoms with Crippen LogP contribution in [0.3, 0.4) is 0 Å². The van der Waals surface area contributed by atoms with Gasteiger partial charge in [0, 0.05) is 16.5 Å². The molecule has 1 aromatic rings. The minimum absolute atomic E-state index is 0.618. The predicted octanol–water partition coefficient (Wildman–Crippen LogP) is 2.84. The quantitative estimate of drug-likeness (QED) is 0.863. The van der Waals surface area contributed by atoms with Crippen LogP contribution in [-0.2, 0) is 5.60 Å². The molecule has 2 rings (SSSR count). The number of ether oxygens (including phenoxy) is 2. The first-order valence-corrected chi connectivity index (χ1v) is 6.10. The van der Waals surface area contributed by atoms with Crippen molar-refractivity contribution in [3.8, 4) is 11.5 Å². The Hall–Kier alpha value is -0.740. The van der Waals surface area contributed by atoms with Gasteiger partial charge in [0.05, 0.1) is 18.8 Å². The summed E-state index contributed by atoms with van der Waals surface area (Å²) >= 11 is 3.44. The van der Waals surface area contributed by atoms with Crippen molar-refractivity contribution < 1.29 is 14.6 Å². The maximum atomic E-state index is 10.2. The van der Waals surface area contributed by atoms with E-state index in [0.29, 0.717) is 24.7 Å². The fourth-order valence-corrected chi connectivity index (χ4v) is 2.58. The highest BCUT2D eigenvalue weighted by Gasteiger charge is 2.28. The Labute approximate surface area is 104 Å². The van der Waals surface area contributed by atoms with E-state index in [1.165, 1.54) is 0 Å². The second kappa shape index (κ2) is 4.26. The van der Waals surface area contributed by atoms with Crippen molar-refractivity contribution in [2.75, 3.05) is 13.2 Å². The Morgan fingerprint density at radius 1 is 1.25 bits per heavy atom. The zero-order valence-electron chi connectivity index (χ0n) is 9.42. The fourth-order valence-electron chi connectivity index (χ4n) is 1.78. The van der Waals surface area contributed by atoms with E-state index in [-0.39, 0.29) is 0 Å². The Bertz CT molecular complexity index is 396.